The molecule has 2 atom stereocenters. The first-order valence-corrected chi connectivity index (χ1v) is 17.9. The Morgan fingerprint density at radius 2 is 0.846 bits per heavy atom. The van der Waals surface area contributed by atoms with E-state index < -0.39 is 54.0 Å². The summed E-state index contributed by atoms with van der Waals surface area (Å²) in [6.07, 6.45) is -1.26. The summed E-state index contributed by atoms with van der Waals surface area (Å²) in [7, 11) is 2.33. The van der Waals surface area contributed by atoms with Gasteiger partial charge in [-0.15, -0.1) is 0 Å². The van der Waals surface area contributed by atoms with Gasteiger partial charge in [0.1, 0.15) is 17.7 Å². The van der Waals surface area contributed by atoms with Crippen molar-refractivity contribution in [3.63, 3.8) is 0 Å². The molecule has 0 aromatic carbocycles. The minimum atomic E-state index is -1.14. The fourth-order valence-corrected chi connectivity index (χ4v) is 4.30. The maximum absolute atomic E-state index is 11.9. The molecule has 16 nitrogen and oxygen atoms in total. The molecule has 2 heterocycles. The van der Waals surface area contributed by atoms with Crippen molar-refractivity contribution in [2.75, 3.05) is 40.4 Å². The molecule has 306 valence electrons. The number of carboxylic acids is 2. The van der Waals surface area contributed by atoms with E-state index in [4.69, 9.17) is 14.9 Å². The number of carboxylic acid groups (broad SMARTS) is 3. The highest BCUT2D eigenvalue weighted by Gasteiger charge is 2.36. The second-order valence-electron chi connectivity index (χ2n) is 15.5. The summed E-state index contributed by atoms with van der Waals surface area (Å²) >= 11 is 0. The van der Waals surface area contributed by atoms with Gasteiger partial charge in [0.15, 0.2) is 0 Å². The number of likely N-dealkylation sites (tertiary alicyclic amines) is 2. The third-order valence-electron chi connectivity index (χ3n) is 6.39. The lowest BCUT2D eigenvalue weighted by Gasteiger charge is -2.35. The average molecular weight is 751 g/mol. The van der Waals surface area contributed by atoms with E-state index in [1.807, 2.05) is 0 Å². The number of piperidine rings is 2. The van der Waals surface area contributed by atoms with E-state index in [2.05, 4.69) is 82.4 Å². The highest BCUT2D eigenvalue weighted by Crippen LogP contribution is 2.23. The Morgan fingerprint density at radius 1 is 0.577 bits per heavy atom. The van der Waals surface area contributed by atoms with E-state index >= 15 is 0 Å². The Kier molecular flexibility index (Phi) is 27.8. The van der Waals surface area contributed by atoms with E-state index in [0.29, 0.717) is 38.8 Å². The number of methoxy groups -OCH3 is 2. The zero-order valence-electron chi connectivity index (χ0n) is 34.1. The lowest BCUT2D eigenvalue weighted by atomic mass is 9.89. The molecular weight excluding hydrogens is 680 g/mol. The minimum Gasteiger partial charge on any atom is -0.480 e. The molecule has 2 fully saturated rings. The zero-order valence-corrected chi connectivity index (χ0v) is 34.1. The third kappa shape index (κ3) is 28.7. The first kappa shape index (κ1) is 52.4. The Labute approximate surface area is 311 Å². The summed E-state index contributed by atoms with van der Waals surface area (Å²) in [5.74, 6) is -0.303. The van der Waals surface area contributed by atoms with Gasteiger partial charge < -0.3 is 50.0 Å². The number of hydrogen-bond acceptors (Lipinski definition) is 9. The standard InChI is InChI=1S/C14H24N2O6.C10H16N2O6.3C4H10/c1-14(2,3)22-13(20)16-7-5-9(6-8-16)10(11(17)18)15-12(19)21-4;1-18-9(15)11-7(8(13)14)6-2-4-12(5-3-6)10(16)17;3*1-4(2)3/h9-10H,5-8H2,1-4H3,(H,15,19)(H,17,18);6-7H,2-5H2,1H3,(H,11,15)(H,13,14)(H,16,17);3*4H,1-3H3. The van der Waals surface area contributed by atoms with Crippen LogP contribution < -0.4 is 10.6 Å². The quantitative estimate of drug-likeness (QED) is 0.181. The van der Waals surface area contributed by atoms with Crippen LogP contribution in [-0.4, -0.2) is 120 Å². The highest BCUT2D eigenvalue weighted by molar-refractivity contribution is 5.81. The van der Waals surface area contributed by atoms with Crippen molar-refractivity contribution >= 4 is 36.3 Å². The molecule has 0 spiro atoms. The van der Waals surface area contributed by atoms with Crippen LogP contribution in [0.15, 0.2) is 0 Å². The van der Waals surface area contributed by atoms with Crippen LogP contribution in [0, 0.1) is 29.6 Å². The van der Waals surface area contributed by atoms with Crippen molar-refractivity contribution in [2.45, 2.75) is 126 Å². The SMILES string of the molecule is CC(C)C.CC(C)C.CC(C)C.COC(=O)NC(C(=O)O)C1CCN(C(=O)O)CC1.COC(=O)NC(C(=O)O)C1CCN(C(=O)OC(C)(C)C)CC1. The van der Waals surface area contributed by atoms with E-state index in [0.717, 1.165) is 24.9 Å². The van der Waals surface area contributed by atoms with E-state index in [9.17, 15) is 33.9 Å². The number of alkyl carbamates (subject to hydrolysis) is 2. The van der Waals surface area contributed by atoms with Crippen molar-refractivity contribution in [3.8, 4) is 0 Å². The molecule has 4 amide bonds. The Hall–Kier alpha value is -3.98. The van der Waals surface area contributed by atoms with Crippen LogP contribution in [0.5, 0.6) is 0 Å². The van der Waals surface area contributed by atoms with Crippen LogP contribution in [0.1, 0.15) is 109 Å². The Morgan fingerprint density at radius 3 is 1.06 bits per heavy atom. The van der Waals surface area contributed by atoms with Gasteiger partial charge in [-0.25, -0.2) is 28.8 Å². The second-order valence-corrected chi connectivity index (χ2v) is 15.5. The lowest BCUT2D eigenvalue weighted by molar-refractivity contribution is -0.142. The summed E-state index contributed by atoms with van der Waals surface area (Å²) in [6.45, 7) is 26.2. The summed E-state index contributed by atoms with van der Waals surface area (Å²) < 4.78 is 14.1. The number of rotatable bonds is 6. The van der Waals surface area contributed by atoms with Gasteiger partial charge in [0.25, 0.3) is 0 Å². The van der Waals surface area contributed by atoms with Gasteiger partial charge in [0, 0.05) is 26.2 Å². The fraction of sp³-hybridized carbons (Fsp3) is 0.833. The molecule has 2 saturated heterocycles. The summed E-state index contributed by atoms with van der Waals surface area (Å²) in [4.78, 5) is 70.0. The van der Waals surface area contributed by atoms with Crippen molar-refractivity contribution in [1.29, 1.82) is 0 Å². The first-order valence-electron chi connectivity index (χ1n) is 17.9. The van der Waals surface area contributed by atoms with Gasteiger partial charge in [-0.3, -0.25) is 0 Å². The Bertz CT molecular complexity index is 1020. The summed E-state index contributed by atoms with van der Waals surface area (Å²) in [6, 6.07) is -2.07. The molecule has 2 unspecified atom stereocenters. The van der Waals surface area contributed by atoms with Crippen LogP contribution >= 0.6 is 0 Å². The number of carbonyl (C=O) groups is 6. The molecule has 0 radical (unpaired) electrons. The van der Waals surface area contributed by atoms with Crippen LogP contribution in [-0.2, 0) is 23.8 Å². The molecule has 0 saturated carbocycles. The van der Waals surface area contributed by atoms with Crippen molar-refractivity contribution in [3.05, 3.63) is 0 Å². The van der Waals surface area contributed by atoms with Gasteiger partial charge >= 0.3 is 36.3 Å². The number of nitrogens with zero attached hydrogens (tertiary/aromatic N) is 2. The molecule has 2 rings (SSSR count). The number of carbonyl (C=O) groups excluding carboxylic acids is 3. The van der Waals surface area contributed by atoms with Crippen molar-refractivity contribution in [2.24, 2.45) is 29.6 Å². The Balaban J connectivity index is -0.000000711. The van der Waals surface area contributed by atoms with Crippen LogP contribution in [0.4, 0.5) is 19.2 Å². The number of ether oxygens (including phenoxy) is 3. The predicted octanol–water partition coefficient (Wildman–Crippen LogP) is 6.62. The number of nitrogens with one attached hydrogen (secondary N) is 2. The van der Waals surface area contributed by atoms with Crippen LogP contribution in [0.25, 0.3) is 0 Å². The highest BCUT2D eigenvalue weighted by atomic mass is 16.6. The van der Waals surface area contributed by atoms with Crippen LogP contribution in [0.3, 0.4) is 0 Å². The molecule has 2 aliphatic heterocycles. The van der Waals surface area contributed by atoms with Crippen molar-refractivity contribution in [1.82, 2.24) is 20.4 Å². The van der Waals surface area contributed by atoms with E-state index in [1.54, 1.807) is 25.7 Å². The summed E-state index contributed by atoms with van der Waals surface area (Å²) in [5.41, 5.74) is -0.566. The topological polar surface area (TPSA) is 221 Å². The molecule has 16 heteroatoms. The third-order valence-corrected chi connectivity index (χ3v) is 6.39. The fourth-order valence-electron chi connectivity index (χ4n) is 4.30. The van der Waals surface area contributed by atoms with Gasteiger partial charge in [-0.1, -0.05) is 62.3 Å². The van der Waals surface area contributed by atoms with Gasteiger partial charge in [0.2, 0.25) is 0 Å². The molecule has 0 aliphatic carbocycles. The zero-order chi connectivity index (χ0) is 41.4. The maximum atomic E-state index is 11.9. The number of hydrogen-bond donors (Lipinski definition) is 5. The predicted molar refractivity (Wildman–Crippen MR) is 198 cm³/mol. The molecule has 0 aromatic heterocycles. The minimum absolute atomic E-state index is 0.254. The first-order chi connectivity index (χ1) is 23.8. The molecule has 52 heavy (non-hydrogen) atoms. The monoisotopic (exact) mass is 750 g/mol. The molecular formula is C36H70N4O12. The molecule has 0 bridgehead atoms. The number of amides is 4. The molecule has 5 N–H and O–H groups in total. The normalized spacial score (nSPS) is 15.7. The lowest BCUT2D eigenvalue weighted by Crippen LogP contribution is -2.50. The maximum Gasteiger partial charge on any atom is 0.410 e. The summed E-state index contributed by atoms with van der Waals surface area (Å²) in [5, 5.41) is 31.6. The van der Waals surface area contributed by atoms with Crippen LogP contribution in [0.2, 0.25) is 0 Å². The van der Waals surface area contributed by atoms with E-state index in [1.165, 1.54) is 12.0 Å². The van der Waals surface area contributed by atoms with Crippen molar-refractivity contribution < 1.29 is 58.3 Å². The molecule has 0 aromatic rings. The van der Waals surface area contributed by atoms with Gasteiger partial charge in [-0.2, -0.15) is 0 Å². The largest absolute Gasteiger partial charge is 0.480 e. The number of aliphatic carboxylic acids is 2. The van der Waals surface area contributed by atoms with E-state index in [-0.39, 0.29) is 24.9 Å². The second kappa shape index (κ2) is 27.6. The van der Waals surface area contributed by atoms with Gasteiger partial charge in [-0.05, 0) is 76.0 Å². The molecule has 2 aliphatic rings. The average Bonchev–Trinajstić information content (AvgIpc) is 3.00. The smallest absolute Gasteiger partial charge is 0.410 e. The van der Waals surface area contributed by atoms with Gasteiger partial charge in [0.05, 0.1) is 14.2 Å².